The van der Waals surface area contributed by atoms with Gasteiger partial charge in [-0.25, -0.2) is 0 Å². The Hall–Kier alpha value is -1.84. The number of aromatic nitrogens is 3. The average Bonchev–Trinajstić information content (AvgIpc) is 3.01. The molecular weight excluding hydrogens is 226 g/mol. The Bertz CT molecular complexity index is 509. The fourth-order valence-electron chi connectivity index (χ4n) is 2.18. The van der Waals surface area contributed by atoms with E-state index in [9.17, 15) is 4.79 Å². The van der Waals surface area contributed by atoms with Crippen LogP contribution in [0.2, 0.25) is 0 Å². The molecule has 4 nitrogen and oxygen atoms in total. The lowest BCUT2D eigenvalue weighted by molar-refractivity contribution is 0.111. The zero-order valence-electron chi connectivity index (χ0n) is 10.9. The lowest BCUT2D eigenvalue weighted by atomic mass is 10.2. The number of hydrogen-bond donors (Lipinski definition) is 0. The second kappa shape index (κ2) is 5.67. The van der Waals surface area contributed by atoms with E-state index >= 15 is 0 Å². The van der Waals surface area contributed by atoms with Crippen LogP contribution in [0.25, 0.3) is 0 Å². The lowest BCUT2D eigenvalue weighted by Gasteiger charge is -2.12. The normalized spacial score (nSPS) is 11.1. The Balaban J connectivity index is 2.13. The molecule has 18 heavy (non-hydrogen) atoms. The van der Waals surface area contributed by atoms with Crippen LogP contribution in [0.15, 0.2) is 30.6 Å². The molecule has 4 heteroatoms. The highest BCUT2D eigenvalue weighted by molar-refractivity contribution is 5.72. The van der Waals surface area contributed by atoms with Gasteiger partial charge < -0.3 is 4.57 Å². The highest BCUT2D eigenvalue weighted by Crippen LogP contribution is 2.15. The van der Waals surface area contributed by atoms with Crippen molar-refractivity contribution in [2.75, 3.05) is 0 Å². The van der Waals surface area contributed by atoms with Crippen LogP contribution < -0.4 is 0 Å². The van der Waals surface area contributed by atoms with Crippen LogP contribution in [0.1, 0.15) is 48.9 Å². The van der Waals surface area contributed by atoms with Crippen LogP contribution in [-0.4, -0.2) is 20.6 Å². The third-order valence-corrected chi connectivity index (χ3v) is 3.30. The molecule has 0 aromatic carbocycles. The Morgan fingerprint density at radius 1 is 1.28 bits per heavy atom. The molecule has 96 valence electrons. The molecule has 2 heterocycles. The Labute approximate surface area is 107 Å². The van der Waals surface area contributed by atoms with Crippen molar-refractivity contribution >= 4 is 6.29 Å². The molecular formula is C14H19N3O. The predicted octanol–water partition coefficient (Wildman–Crippen LogP) is 2.91. The Morgan fingerprint density at radius 3 is 2.72 bits per heavy atom. The molecule has 0 radical (unpaired) electrons. The summed E-state index contributed by atoms with van der Waals surface area (Å²) in [5.41, 5.74) is 1.67. The molecule has 2 aromatic rings. The van der Waals surface area contributed by atoms with E-state index in [-0.39, 0.29) is 0 Å². The second-order valence-electron chi connectivity index (χ2n) is 4.44. The third-order valence-electron chi connectivity index (χ3n) is 3.30. The van der Waals surface area contributed by atoms with Crippen LogP contribution in [0.4, 0.5) is 0 Å². The number of rotatable bonds is 6. The van der Waals surface area contributed by atoms with Crippen LogP contribution in [-0.2, 0) is 6.54 Å². The van der Waals surface area contributed by atoms with Crippen LogP contribution in [0.3, 0.4) is 0 Å². The fraction of sp³-hybridized carbons (Fsp3) is 0.429. The van der Waals surface area contributed by atoms with E-state index in [4.69, 9.17) is 0 Å². The fourth-order valence-corrected chi connectivity index (χ4v) is 2.18. The van der Waals surface area contributed by atoms with Gasteiger partial charge >= 0.3 is 0 Å². The van der Waals surface area contributed by atoms with Gasteiger partial charge in [-0.2, -0.15) is 5.10 Å². The van der Waals surface area contributed by atoms with Crippen molar-refractivity contribution in [2.45, 2.75) is 39.3 Å². The minimum absolute atomic E-state index is 0.467. The minimum Gasteiger partial charge on any atom is -0.339 e. The summed E-state index contributed by atoms with van der Waals surface area (Å²) in [5.74, 6) is 0. The van der Waals surface area contributed by atoms with Gasteiger partial charge in [0.1, 0.15) is 0 Å². The van der Waals surface area contributed by atoms with Crippen LogP contribution in [0.5, 0.6) is 0 Å². The summed E-state index contributed by atoms with van der Waals surface area (Å²) in [4.78, 5) is 10.8. The molecule has 0 fully saturated rings. The van der Waals surface area contributed by atoms with Gasteiger partial charge in [0.05, 0.1) is 24.0 Å². The molecule has 0 saturated heterocycles. The standard InChI is InChI=1S/C14H19N3O/c1-3-13(4-2)17-9-7-12(15-17)10-16-8-5-6-14(16)11-18/h5-9,11,13H,3-4,10H2,1-2H3. The minimum atomic E-state index is 0.467. The van der Waals surface area contributed by atoms with Gasteiger partial charge in [-0.3, -0.25) is 9.48 Å². The summed E-state index contributed by atoms with van der Waals surface area (Å²) in [6.07, 6.45) is 6.97. The molecule has 0 amide bonds. The van der Waals surface area contributed by atoms with Crippen molar-refractivity contribution in [1.29, 1.82) is 0 Å². The van der Waals surface area contributed by atoms with E-state index in [2.05, 4.69) is 18.9 Å². The van der Waals surface area contributed by atoms with Gasteiger partial charge in [0.2, 0.25) is 0 Å². The first-order chi connectivity index (χ1) is 8.78. The lowest BCUT2D eigenvalue weighted by Crippen LogP contribution is -2.09. The quantitative estimate of drug-likeness (QED) is 0.734. The van der Waals surface area contributed by atoms with Crippen molar-refractivity contribution in [1.82, 2.24) is 14.3 Å². The number of carbonyl (C=O) groups excluding carboxylic acids is 1. The van der Waals surface area contributed by atoms with Gasteiger partial charge in [-0.15, -0.1) is 0 Å². The molecule has 0 aliphatic carbocycles. The molecule has 0 spiro atoms. The van der Waals surface area contributed by atoms with Crippen molar-refractivity contribution in [3.8, 4) is 0 Å². The summed E-state index contributed by atoms with van der Waals surface area (Å²) in [7, 11) is 0. The highest BCUT2D eigenvalue weighted by atomic mass is 16.1. The van der Waals surface area contributed by atoms with E-state index in [0.717, 1.165) is 24.8 Å². The number of carbonyl (C=O) groups is 1. The summed E-state index contributed by atoms with van der Waals surface area (Å²) in [5, 5.41) is 4.58. The van der Waals surface area contributed by atoms with E-state index in [1.54, 1.807) is 0 Å². The van der Waals surface area contributed by atoms with Gasteiger partial charge in [0.25, 0.3) is 0 Å². The summed E-state index contributed by atoms with van der Waals surface area (Å²) < 4.78 is 3.94. The van der Waals surface area contributed by atoms with E-state index in [0.29, 0.717) is 18.3 Å². The SMILES string of the molecule is CCC(CC)n1ccc(Cn2cccc2C=O)n1. The van der Waals surface area contributed by atoms with E-state index < -0.39 is 0 Å². The van der Waals surface area contributed by atoms with Gasteiger partial charge in [0.15, 0.2) is 6.29 Å². The van der Waals surface area contributed by atoms with E-state index in [1.807, 2.05) is 39.8 Å². The van der Waals surface area contributed by atoms with E-state index in [1.165, 1.54) is 0 Å². The number of hydrogen-bond acceptors (Lipinski definition) is 2. The molecule has 0 N–H and O–H groups in total. The number of aldehydes is 1. The smallest absolute Gasteiger partial charge is 0.166 e. The molecule has 2 aromatic heterocycles. The zero-order valence-corrected chi connectivity index (χ0v) is 10.9. The third kappa shape index (κ3) is 2.53. The summed E-state index contributed by atoms with van der Waals surface area (Å²) in [6.45, 7) is 4.99. The van der Waals surface area contributed by atoms with Crippen LogP contribution in [0, 0.1) is 0 Å². The molecule has 0 saturated carbocycles. The first-order valence-electron chi connectivity index (χ1n) is 6.42. The molecule has 0 aliphatic heterocycles. The summed E-state index contributed by atoms with van der Waals surface area (Å²) >= 11 is 0. The largest absolute Gasteiger partial charge is 0.339 e. The van der Waals surface area contributed by atoms with Crippen molar-refractivity contribution in [3.05, 3.63) is 42.0 Å². The number of nitrogens with zero attached hydrogens (tertiary/aromatic N) is 3. The van der Waals surface area contributed by atoms with Crippen molar-refractivity contribution < 1.29 is 4.79 Å². The average molecular weight is 245 g/mol. The Kier molecular flexibility index (Phi) is 3.97. The van der Waals surface area contributed by atoms with Gasteiger partial charge in [-0.05, 0) is 31.0 Å². The van der Waals surface area contributed by atoms with Gasteiger partial charge in [-0.1, -0.05) is 13.8 Å². The first kappa shape index (κ1) is 12.6. The monoisotopic (exact) mass is 245 g/mol. The van der Waals surface area contributed by atoms with Crippen molar-refractivity contribution in [3.63, 3.8) is 0 Å². The second-order valence-corrected chi connectivity index (χ2v) is 4.44. The van der Waals surface area contributed by atoms with Gasteiger partial charge in [0, 0.05) is 12.4 Å². The Morgan fingerprint density at radius 2 is 2.06 bits per heavy atom. The molecule has 2 rings (SSSR count). The summed E-state index contributed by atoms with van der Waals surface area (Å²) in [6, 6.07) is 6.17. The zero-order chi connectivity index (χ0) is 13.0. The maximum atomic E-state index is 10.8. The maximum absolute atomic E-state index is 10.8. The van der Waals surface area contributed by atoms with Crippen LogP contribution >= 0.6 is 0 Å². The predicted molar refractivity (Wildman–Crippen MR) is 70.8 cm³/mol. The molecule has 0 aliphatic rings. The maximum Gasteiger partial charge on any atom is 0.166 e. The highest BCUT2D eigenvalue weighted by Gasteiger charge is 2.08. The topological polar surface area (TPSA) is 39.8 Å². The molecule has 0 bridgehead atoms. The molecule has 0 unspecified atom stereocenters. The first-order valence-corrected chi connectivity index (χ1v) is 6.42. The van der Waals surface area contributed by atoms with Crippen molar-refractivity contribution in [2.24, 2.45) is 0 Å². The molecule has 0 atom stereocenters.